The molecule has 0 saturated heterocycles. The molecule has 110 valence electrons. The van der Waals surface area contributed by atoms with Crippen molar-refractivity contribution >= 4 is 0 Å². The molecule has 2 aromatic rings. The van der Waals surface area contributed by atoms with Gasteiger partial charge in [0.25, 0.3) is 0 Å². The lowest BCUT2D eigenvalue weighted by atomic mass is 10.1. The van der Waals surface area contributed by atoms with E-state index in [4.69, 9.17) is 4.74 Å². The maximum atomic E-state index is 6.13. The summed E-state index contributed by atoms with van der Waals surface area (Å²) in [7, 11) is 1.96. The van der Waals surface area contributed by atoms with E-state index in [1.54, 1.807) is 0 Å². The molecule has 0 spiro atoms. The SMILES string of the molecule is CNCc1cccc(C)c1OCc1ccc2c(c1)CCC2. The third kappa shape index (κ3) is 3.11. The number of hydrogen-bond acceptors (Lipinski definition) is 2. The van der Waals surface area contributed by atoms with Gasteiger partial charge < -0.3 is 10.1 Å². The predicted molar refractivity (Wildman–Crippen MR) is 86.7 cm³/mol. The molecule has 3 rings (SSSR count). The molecule has 0 atom stereocenters. The van der Waals surface area contributed by atoms with Crippen molar-refractivity contribution in [2.45, 2.75) is 39.3 Å². The van der Waals surface area contributed by atoms with E-state index in [9.17, 15) is 0 Å². The van der Waals surface area contributed by atoms with E-state index in [0.29, 0.717) is 6.61 Å². The Morgan fingerprint density at radius 3 is 2.81 bits per heavy atom. The maximum Gasteiger partial charge on any atom is 0.127 e. The highest BCUT2D eigenvalue weighted by atomic mass is 16.5. The normalized spacial score (nSPS) is 13.2. The number of para-hydroxylation sites is 1. The Morgan fingerprint density at radius 2 is 1.95 bits per heavy atom. The summed E-state index contributed by atoms with van der Waals surface area (Å²) >= 11 is 0. The van der Waals surface area contributed by atoms with Crippen LogP contribution in [0.1, 0.15) is 34.2 Å². The highest BCUT2D eigenvalue weighted by Gasteiger charge is 2.12. The van der Waals surface area contributed by atoms with Crippen molar-refractivity contribution in [3.05, 3.63) is 64.2 Å². The first kappa shape index (κ1) is 14.2. The number of fused-ring (bicyclic) bond motifs is 1. The Kier molecular flexibility index (Phi) is 4.26. The summed E-state index contributed by atoms with van der Waals surface area (Å²) in [5.74, 6) is 1.02. The lowest BCUT2D eigenvalue weighted by Gasteiger charge is -2.14. The summed E-state index contributed by atoms with van der Waals surface area (Å²) in [5, 5.41) is 3.20. The first-order valence-corrected chi connectivity index (χ1v) is 7.74. The van der Waals surface area contributed by atoms with E-state index in [2.05, 4.69) is 48.6 Å². The maximum absolute atomic E-state index is 6.13. The molecule has 1 aliphatic carbocycles. The Bertz CT molecular complexity index is 633. The van der Waals surface area contributed by atoms with Gasteiger partial charge in [0.15, 0.2) is 0 Å². The summed E-state index contributed by atoms with van der Waals surface area (Å²) in [5.41, 5.74) is 6.72. The second-order valence-electron chi connectivity index (χ2n) is 5.84. The smallest absolute Gasteiger partial charge is 0.127 e. The number of nitrogens with one attached hydrogen (secondary N) is 1. The Hall–Kier alpha value is -1.80. The number of rotatable bonds is 5. The molecule has 0 heterocycles. The van der Waals surface area contributed by atoms with Crippen LogP contribution in [-0.4, -0.2) is 7.05 Å². The molecular formula is C19H23NO. The van der Waals surface area contributed by atoms with E-state index in [0.717, 1.165) is 12.3 Å². The summed E-state index contributed by atoms with van der Waals surface area (Å²) in [6.07, 6.45) is 3.75. The molecule has 0 fully saturated rings. The molecule has 0 amide bonds. The Labute approximate surface area is 127 Å². The second-order valence-corrected chi connectivity index (χ2v) is 5.84. The van der Waals surface area contributed by atoms with Gasteiger partial charge in [-0.3, -0.25) is 0 Å². The minimum atomic E-state index is 0.648. The van der Waals surface area contributed by atoms with Crippen molar-refractivity contribution in [1.82, 2.24) is 5.32 Å². The molecule has 0 aromatic heterocycles. The zero-order valence-electron chi connectivity index (χ0n) is 12.9. The number of benzene rings is 2. The van der Waals surface area contributed by atoms with E-state index in [-0.39, 0.29) is 0 Å². The van der Waals surface area contributed by atoms with Gasteiger partial charge >= 0.3 is 0 Å². The largest absolute Gasteiger partial charge is 0.488 e. The number of ether oxygens (including phenoxy) is 1. The van der Waals surface area contributed by atoms with Gasteiger partial charge in [0.1, 0.15) is 12.4 Å². The van der Waals surface area contributed by atoms with Gasteiger partial charge in [0, 0.05) is 12.1 Å². The van der Waals surface area contributed by atoms with Gasteiger partial charge in [-0.15, -0.1) is 0 Å². The molecule has 21 heavy (non-hydrogen) atoms. The fourth-order valence-corrected chi connectivity index (χ4v) is 3.12. The molecule has 2 heteroatoms. The quantitative estimate of drug-likeness (QED) is 0.900. The molecule has 0 saturated carbocycles. The predicted octanol–water partition coefficient (Wildman–Crippen LogP) is 3.78. The van der Waals surface area contributed by atoms with E-state index in [1.807, 2.05) is 7.05 Å². The summed E-state index contributed by atoms with van der Waals surface area (Å²) in [6.45, 7) is 3.59. The van der Waals surface area contributed by atoms with Gasteiger partial charge in [-0.25, -0.2) is 0 Å². The summed E-state index contributed by atoms with van der Waals surface area (Å²) in [6, 6.07) is 13.1. The van der Waals surface area contributed by atoms with Crippen LogP contribution in [0.3, 0.4) is 0 Å². The van der Waals surface area contributed by atoms with Crippen LogP contribution in [0.5, 0.6) is 5.75 Å². The fraction of sp³-hybridized carbons (Fsp3) is 0.368. The van der Waals surface area contributed by atoms with Crippen LogP contribution in [0.4, 0.5) is 0 Å². The lowest BCUT2D eigenvalue weighted by Crippen LogP contribution is -2.08. The van der Waals surface area contributed by atoms with E-state index < -0.39 is 0 Å². The van der Waals surface area contributed by atoms with Crippen LogP contribution in [0, 0.1) is 6.92 Å². The van der Waals surface area contributed by atoms with Gasteiger partial charge in [0.05, 0.1) is 0 Å². The first-order chi connectivity index (χ1) is 10.3. The molecule has 0 bridgehead atoms. The molecule has 2 aromatic carbocycles. The minimum Gasteiger partial charge on any atom is -0.488 e. The third-order valence-corrected chi connectivity index (χ3v) is 4.21. The molecule has 0 aliphatic heterocycles. The number of aryl methyl sites for hydroxylation is 3. The fourth-order valence-electron chi connectivity index (χ4n) is 3.12. The van der Waals surface area contributed by atoms with Crippen LogP contribution in [0.2, 0.25) is 0 Å². The van der Waals surface area contributed by atoms with Gasteiger partial charge in [0.2, 0.25) is 0 Å². The topological polar surface area (TPSA) is 21.3 Å². The van der Waals surface area contributed by atoms with Crippen LogP contribution >= 0.6 is 0 Å². The van der Waals surface area contributed by atoms with E-state index in [1.165, 1.54) is 47.1 Å². The van der Waals surface area contributed by atoms with Gasteiger partial charge in [-0.2, -0.15) is 0 Å². The van der Waals surface area contributed by atoms with Crippen LogP contribution < -0.4 is 10.1 Å². The van der Waals surface area contributed by atoms with Gasteiger partial charge in [-0.05, 0) is 55.5 Å². The molecular weight excluding hydrogens is 258 g/mol. The molecule has 0 unspecified atom stereocenters. The summed E-state index contributed by atoms with van der Waals surface area (Å²) < 4.78 is 6.13. The minimum absolute atomic E-state index is 0.648. The number of hydrogen-bond donors (Lipinski definition) is 1. The van der Waals surface area contributed by atoms with Crippen LogP contribution in [0.25, 0.3) is 0 Å². The molecule has 1 aliphatic rings. The van der Waals surface area contributed by atoms with Crippen molar-refractivity contribution in [2.24, 2.45) is 0 Å². The highest BCUT2D eigenvalue weighted by molar-refractivity contribution is 5.41. The van der Waals surface area contributed by atoms with Crippen molar-refractivity contribution < 1.29 is 4.74 Å². The van der Waals surface area contributed by atoms with Crippen molar-refractivity contribution in [3.8, 4) is 5.75 Å². The molecule has 0 radical (unpaired) electrons. The highest BCUT2D eigenvalue weighted by Crippen LogP contribution is 2.26. The van der Waals surface area contributed by atoms with Gasteiger partial charge in [-0.1, -0.05) is 36.4 Å². The summed E-state index contributed by atoms with van der Waals surface area (Å²) in [4.78, 5) is 0. The van der Waals surface area contributed by atoms with Crippen molar-refractivity contribution in [1.29, 1.82) is 0 Å². The zero-order chi connectivity index (χ0) is 14.7. The average molecular weight is 281 g/mol. The average Bonchev–Trinajstić information content (AvgIpc) is 2.94. The van der Waals surface area contributed by atoms with Crippen LogP contribution in [-0.2, 0) is 26.0 Å². The standard InChI is InChI=1S/C19H23NO/c1-14-5-3-8-18(12-20-2)19(14)21-13-15-9-10-16-6-4-7-17(16)11-15/h3,5,8-11,20H,4,6-7,12-13H2,1-2H3. The second kappa shape index (κ2) is 6.31. The van der Waals surface area contributed by atoms with Crippen molar-refractivity contribution in [3.63, 3.8) is 0 Å². The first-order valence-electron chi connectivity index (χ1n) is 7.74. The van der Waals surface area contributed by atoms with E-state index >= 15 is 0 Å². The Balaban J connectivity index is 1.76. The van der Waals surface area contributed by atoms with Crippen LogP contribution in [0.15, 0.2) is 36.4 Å². The lowest BCUT2D eigenvalue weighted by molar-refractivity contribution is 0.300. The van der Waals surface area contributed by atoms with Crippen molar-refractivity contribution in [2.75, 3.05) is 7.05 Å². The monoisotopic (exact) mass is 281 g/mol. The molecule has 1 N–H and O–H groups in total. The third-order valence-electron chi connectivity index (χ3n) is 4.21. The molecule has 2 nitrogen and oxygen atoms in total. The zero-order valence-corrected chi connectivity index (χ0v) is 12.9. The Morgan fingerprint density at radius 1 is 1.10 bits per heavy atom.